The zero-order valence-corrected chi connectivity index (χ0v) is 12.8. The van der Waals surface area contributed by atoms with Crippen molar-refractivity contribution in [2.24, 2.45) is 0 Å². The van der Waals surface area contributed by atoms with Gasteiger partial charge in [0.25, 0.3) is 0 Å². The molecule has 0 unspecified atom stereocenters. The SMILES string of the molecule is C[Si](C)(C)O[PH](C)(O)O[Si](C)(C)C. The second-order valence-electron chi connectivity index (χ2n) is 5.33. The van der Waals surface area contributed by atoms with Gasteiger partial charge in [-0.1, -0.05) is 0 Å². The van der Waals surface area contributed by atoms with E-state index in [-0.39, 0.29) is 0 Å². The zero-order valence-electron chi connectivity index (χ0n) is 9.76. The minimum atomic E-state index is -2.85. The van der Waals surface area contributed by atoms with Gasteiger partial charge in [0.2, 0.25) is 0 Å². The van der Waals surface area contributed by atoms with Crippen molar-refractivity contribution in [1.82, 2.24) is 0 Å². The Labute approximate surface area is 84.3 Å². The van der Waals surface area contributed by atoms with Crippen molar-refractivity contribution in [2.45, 2.75) is 39.3 Å². The zero-order chi connectivity index (χ0) is 10.9. The molecule has 0 aromatic carbocycles. The van der Waals surface area contributed by atoms with Crippen LogP contribution in [0.4, 0.5) is 0 Å². The van der Waals surface area contributed by atoms with E-state index in [4.69, 9.17) is 8.43 Å². The summed E-state index contributed by atoms with van der Waals surface area (Å²) in [6, 6.07) is 0. The molecule has 13 heavy (non-hydrogen) atoms. The van der Waals surface area contributed by atoms with Crippen LogP contribution >= 0.6 is 7.94 Å². The summed E-state index contributed by atoms with van der Waals surface area (Å²) in [7, 11) is -6.22. The summed E-state index contributed by atoms with van der Waals surface area (Å²) in [6.45, 7) is 14.1. The molecule has 0 aliphatic carbocycles. The molecule has 0 amide bonds. The maximum absolute atomic E-state index is 9.95. The molecule has 0 aliphatic heterocycles. The molecule has 1 N–H and O–H groups in total. The van der Waals surface area contributed by atoms with Gasteiger partial charge in [-0.05, 0) is 0 Å². The Kier molecular flexibility index (Phi) is 4.32. The van der Waals surface area contributed by atoms with Crippen LogP contribution in [0, 0.1) is 0 Å². The number of hydrogen-bond donors (Lipinski definition) is 1. The molecule has 6 heteroatoms. The Morgan fingerprint density at radius 3 is 1.23 bits per heavy atom. The van der Waals surface area contributed by atoms with Gasteiger partial charge in [0, 0.05) is 0 Å². The first-order valence-electron chi connectivity index (χ1n) is 4.54. The molecule has 0 spiro atoms. The minimum absolute atomic E-state index is 1.68. The first-order valence-corrected chi connectivity index (χ1v) is 13.6. The summed E-state index contributed by atoms with van der Waals surface area (Å²) in [5, 5.41) is 0. The van der Waals surface area contributed by atoms with Crippen molar-refractivity contribution in [1.29, 1.82) is 0 Å². The van der Waals surface area contributed by atoms with Crippen molar-refractivity contribution in [3.8, 4) is 0 Å². The summed E-state index contributed by atoms with van der Waals surface area (Å²) in [5.41, 5.74) is 0. The second-order valence-corrected chi connectivity index (χ2v) is 17.2. The molecule has 0 aromatic rings. The quantitative estimate of drug-likeness (QED) is 0.608. The maximum atomic E-state index is 9.95. The average molecular weight is 242 g/mol. The molecule has 0 saturated carbocycles. The molecule has 0 atom stereocenters. The molecule has 0 bridgehead atoms. The second kappa shape index (κ2) is 4.08. The van der Waals surface area contributed by atoms with Gasteiger partial charge in [-0.15, -0.1) is 0 Å². The fourth-order valence-electron chi connectivity index (χ4n) is 1.16. The summed E-state index contributed by atoms with van der Waals surface area (Å²) in [6.07, 6.45) is 0. The van der Waals surface area contributed by atoms with E-state index in [1.54, 1.807) is 6.66 Å². The third-order valence-corrected chi connectivity index (χ3v) is 8.92. The fraction of sp³-hybridized carbons (Fsp3) is 1.00. The predicted octanol–water partition coefficient (Wildman–Crippen LogP) is 2.81. The van der Waals surface area contributed by atoms with Crippen molar-refractivity contribution in [3.05, 3.63) is 0 Å². The molecular formula is C7H23O3PSi2. The van der Waals surface area contributed by atoms with E-state index in [2.05, 4.69) is 39.3 Å². The third kappa shape index (κ3) is 9.06. The van der Waals surface area contributed by atoms with Gasteiger partial charge >= 0.3 is 83.8 Å². The van der Waals surface area contributed by atoms with Crippen LogP contribution in [0.5, 0.6) is 0 Å². The van der Waals surface area contributed by atoms with Crippen LogP contribution in [-0.2, 0) is 8.43 Å². The molecule has 0 rings (SSSR count). The van der Waals surface area contributed by atoms with Gasteiger partial charge < -0.3 is 0 Å². The van der Waals surface area contributed by atoms with E-state index >= 15 is 0 Å². The molecule has 0 aromatic heterocycles. The first kappa shape index (κ1) is 13.7. The third-order valence-electron chi connectivity index (χ3n) is 0.991. The van der Waals surface area contributed by atoms with Crippen molar-refractivity contribution in [3.63, 3.8) is 0 Å². The number of rotatable bonds is 4. The predicted molar refractivity (Wildman–Crippen MR) is 65.3 cm³/mol. The van der Waals surface area contributed by atoms with Gasteiger partial charge in [-0.2, -0.15) is 0 Å². The average Bonchev–Trinajstić information content (AvgIpc) is 1.43. The van der Waals surface area contributed by atoms with Crippen LogP contribution in [0.3, 0.4) is 0 Å². The molecule has 0 fully saturated rings. The molecule has 0 heterocycles. The standard InChI is InChI=1S/C7H23O3PSi2/c1-11(8,9-12(2,3)4)10-13(5,6)7/h8,11H,1-7H3. The van der Waals surface area contributed by atoms with E-state index in [9.17, 15) is 4.89 Å². The molecule has 0 saturated heterocycles. The molecule has 82 valence electrons. The van der Waals surface area contributed by atoms with Crippen LogP contribution in [0.1, 0.15) is 0 Å². The van der Waals surface area contributed by atoms with Crippen molar-refractivity contribution in [2.75, 3.05) is 6.66 Å². The summed E-state index contributed by atoms with van der Waals surface area (Å²) in [4.78, 5) is 9.95. The summed E-state index contributed by atoms with van der Waals surface area (Å²) >= 11 is 0. The van der Waals surface area contributed by atoms with Gasteiger partial charge in [0.15, 0.2) is 0 Å². The van der Waals surface area contributed by atoms with Gasteiger partial charge in [0.05, 0.1) is 0 Å². The van der Waals surface area contributed by atoms with Crippen LogP contribution in [0.25, 0.3) is 0 Å². The van der Waals surface area contributed by atoms with E-state index in [0.29, 0.717) is 0 Å². The normalized spacial score (nSPS) is 16.0. The Hall–Kier alpha value is 0.744. The van der Waals surface area contributed by atoms with E-state index < -0.39 is 24.6 Å². The topological polar surface area (TPSA) is 38.7 Å². The van der Waals surface area contributed by atoms with E-state index in [0.717, 1.165) is 0 Å². The van der Waals surface area contributed by atoms with Gasteiger partial charge in [0.1, 0.15) is 0 Å². The molecule has 0 aliphatic rings. The van der Waals surface area contributed by atoms with E-state index in [1.807, 2.05) is 0 Å². The molecule has 3 nitrogen and oxygen atoms in total. The monoisotopic (exact) mass is 242 g/mol. The summed E-state index contributed by atoms with van der Waals surface area (Å²) < 4.78 is 11.3. The Morgan fingerprint density at radius 1 is 0.846 bits per heavy atom. The van der Waals surface area contributed by atoms with Crippen LogP contribution in [0.2, 0.25) is 39.3 Å². The van der Waals surface area contributed by atoms with Crippen molar-refractivity contribution < 1.29 is 13.3 Å². The number of hydrogen-bond acceptors (Lipinski definition) is 3. The summed E-state index contributed by atoms with van der Waals surface area (Å²) in [5.74, 6) is 0. The molecular weight excluding hydrogens is 219 g/mol. The Morgan fingerprint density at radius 2 is 1.08 bits per heavy atom. The fourth-order valence-corrected chi connectivity index (χ4v) is 10.8. The van der Waals surface area contributed by atoms with E-state index in [1.165, 1.54) is 0 Å². The van der Waals surface area contributed by atoms with Crippen LogP contribution in [0.15, 0.2) is 0 Å². The van der Waals surface area contributed by atoms with Gasteiger partial charge in [-0.3, -0.25) is 0 Å². The van der Waals surface area contributed by atoms with Crippen LogP contribution in [-0.4, -0.2) is 28.2 Å². The first-order chi connectivity index (χ1) is 5.41. The Bertz CT molecular complexity index is 154. The molecule has 0 radical (unpaired) electrons. The van der Waals surface area contributed by atoms with Crippen molar-refractivity contribution >= 4 is 24.6 Å². The van der Waals surface area contributed by atoms with Gasteiger partial charge in [-0.25, -0.2) is 0 Å². The Balaban J connectivity index is 4.25. The van der Waals surface area contributed by atoms with Crippen LogP contribution < -0.4 is 0 Å².